The zero-order valence-electron chi connectivity index (χ0n) is 17.6. The van der Waals surface area contributed by atoms with Gasteiger partial charge >= 0.3 is 0 Å². The Morgan fingerprint density at radius 1 is 1.07 bits per heavy atom. The van der Waals surface area contributed by atoms with Gasteiger partial charge < -0.3 is 15.0 Å². The normalized spacial score (nSPS) is 16.8. The number of thiophene rings is 1. The third-order valence-corrected chi connectivity index (χ3v) is 6.94. The predicted octanol–water partition coefficient (Wildman–Crippen LogP) is 5.32. The second kappa shape index (κ2) is 8.70. The first-order valence-electron chi connectivity index (χ1n) is 10.9. The first-order valence-corrected chi connectivity index (χ1v) is 11.8. The summed E-state index contributed by atoms with van der Waals surface area (Å²) in [6.45, 7) is 9.37. The molecule has 156 valence electrons. The number of fused-ring (bicyclic) bond motifs is 2. The monoisotopic (exact) mass is 419 g/mol. The largest absolute Gasteiger partial charge is 0.493 e. The third kappa shape index (κ3) is 4.18. The number of piperazine rings is 1. The van der Waals surface area contributed by atoms with Gasteiger partial charge in [-0.05, 0) is 54.6 Å². The second-order valence-electron chi connectivity index (χ2n) is 8.23. The Morgan fingerprint density at radius 3 is 2.87 bits per heavy atom. The Bertz CT molecular complexity index is 1050. The molecule has 3 heterocycles. The number of anilines is 2. The molecule has 2 aromatic carbocycles. The molecule has 1 saturated heterocycles. The maximum absolute atomic E-state index is 6.02. The van der Waals surface area contributed by atoms with Crippen molar-refractivity contribution in [1.82, 2.24) is 4.90 Å². The van der Waals surface area contributed by atoms with Crippen LogP contribution in [0.15, 0.2) is 53.4 Å². The summed E-state index contributed by atoms with van der Waals surface area (Å²) in [5.41, 5.74) is 5.18. The topological polar surface area (TPSA) is 27.7 Å². The number of nitrogens with zero attached hydrogens (tertiary/aromatic N) is 2. The summed E-state index contributed by atoms with van der Waals surface area (Å²) in [5, 5.41) is 7.05. The molecule has 5 rings (SSSR count). The van der Waals surface area contributed by atoms with E-state index in [-0.39, 0.29) is 0 Å². The van der Waals surface area contributed by atoms with Gasteiger partial charge in [-0.3, -0.25) is 4.90 Å². The zero-order chi connectivity index (χ0) is 20.3. The van der Waals surface area contributed by atoms with Crippen molar-refractivity contribution < 1.29 is 4.74 Å². The van der Waals surface area contributed by atoms with Gasteiger partial charge in [-0.25, -0.2) is 0 Å². The molecule has 1 fully saturated rings. The first kappa shape index (κ1) is 19.5. The van der Waals surface area contributed by atoms with Crippen molar-refractivity contribution in [3.63, 3.8) is 0 Å². The average molecular weight is 420 g/mol. The standard InChI is InChI=1S/C25H29N3OS/c1-19-16-20-6-7-21(17-23(20)26-18-19)29-14-3-9-27-10-12-28(13-11-27)24-4-2-5-25-22(24)8-15-30-25/h2,4-8,15-17,26H,3,9-14,18H2,1H3. The highest BCUT2D eigenvalue weighted by Gasteiger charge is 2.18. The van der Waals surface area contributed by atoms with E-state index in [1.54, 1.807) is 0 Å². The second-order valence-corrected chi connectivity index (χ2v) is 9.18. The van der Waals surface area contributed by atoms with Crippen molar-refractivity contribution in [1.29, 1.82) is 0 Å². The summed E-state index contributed by atoms with van der Waals surface area (Å²) in [7, 11) is 0. The summed E-state index contributed by atoms with van der Waals surface area (Å²) in [6, 6.07) is 15.3. The molecule has 0 radical (unpaired) electrons. The van der Waals surface area contributed by atoms with Crippen molar-refractivity contribution in [2.24, 2.45) is 0 Å². The van der Waals surface area contributed by atoms with E-state index >= 15 is 0 Å². The maximum Gasteiger partial charge on any atom is 0.121 e. The molecular weight excluding hydrogens is 390 g/mol. The van der Waals surface area contributed by atoms with E-state index in [1.807, 2.05) is 11.3 Å². The minimum absolute atomic E-state index is 0.766. The smallest absolute Gasteiger partial charge is 0.121 e. The number of nitrogens with one attached hydrogen (secondary N) is 1. The van der Waals surface area contributed by atoms with Gasteiger partial charge in [0.05, 0.1) is 6.61 Å². The van der Waals surface area contributed by atoms with Crippen LogP contribution in [0.25, 0.3) is 16.2 Å². The predicted molar refractivity (Wildman–Crippen MR) is 129 cm³/mol. The zero-order valence-corrected chi connectivity index (χ0v) is 18.4. The van der Waals surface area contributed by atoms with Crippen molar-refractivity contribution in [2.75, 3.05) is 56.1 Å². The van der Waals surface area contributed by atoms with Crippen molar-refractivity contribution in [2.45, 2.75) is 13.3 Å². The lowest BCUT2D eigenvalue weighted by atomic mass is 10.1. The van der Waals surface area contributed by atoms with Crippen LogP contribution in [0.3, 0.4) is 0 Å². The molecule has 30 heavy (non-hydrogen) atoms. The van der Waals surface area contributed by atoms with E-state index in [0.29, 0.717) is 0 Å². The Balaban J connectivity index is 1.08. The van der Waals surface area contributed by atoms with Crippen LogP contribution >= 0.6 is 11.3 Å². The van der Waals surface area contributed by atoms with Gasteiger partial charge in [0.1, 0.15) is 5.75 Å². The van der Waals surface area contributed by atoms with Crippen LogP contribution < -0.4 is 15.0 Å². The quantitative estimate of drug-likeness (QED) is 0.547. The lowest BCUT2D eigenvalue weighted by Crippen LogP contribution is -2.46. The third-order valence-electron chi connectivity index (χ3n) is 6.06. The fraction of sp³-hybridized carbons (Fsp3) is 0.360. The fourth-order valence-electron chi connectivity index (χ4n) is 4.40. The summed E-state index contributed by atoms with van der Waals surface area (Å²) in [5.74, 6) is 0.961. The van der Waals surface area contributed by atoms with E-state index in [9.17, 15) is 0 Å². The molecule has 0 amide bonds. The molecule has 4 nitrogen and oxygen atoms in total. The van der Waals surface area contributed by atoms with Gasteiger partial charge in [-0.1, -0.05) is 17.7 Å². The van der Waals surface area contributed by atoms with Crippen LogP contribution in [-0.4, -0.2) is 50.8 Å². The highest BCUT2D eigenvalue weighted by atomic mass is 32.1. The number of hydrogen-bond donors (Lipinski definition) is 1. The van der Waals surface area contributed by atoms with E-state index < -0.39 is 0 Å². The molecule has 0 aliphatic carbocycles. The minimum atomic E-state index is 0.766. The molecule has 0 unspecified atom stereocenters. The van der Waals surface area contributed by atoms with Gasteiger partial charge in [-0.15, -0.1) is 11.3 Å². The molecule has 5 heteroatoms. The Labute approximate surface area is 182 Å². The van der Waals surface area contributed by atoms with Crippen molar-refractivity contribution in [3.8, 4) is 5.75 Å². The molecule has 0 spiro atoms. The first-order chi connectivity index (χ1) is 14.8. The molecule has 0 saturated carbocycles. The van der Waals surface area contributed by atoms with Crippen LogP contribution in [0.1, 0.15) is 18.9 Å². The number of ether oxygens (including phenoxy) is 1. The van der Waals surface area contributed by atoms with Gasteiger partial charge in [0.2, 0.25) is 0 Å². The van der Waals surface area contributed by atoms with Crippen LogP contribution in [0, 0.1) is 0 Å². The molecule has 2 aliphatic rings. The van der Waals surface area contributed by atoms with E-state index in [2.05, 4.69) is 76.0 Å². The highest BCUT2D eigenvalue weighted by Crippen LogP contribution is 2.31. The lowest BCUT2D eigenvalue weighted by Gasteiger charge is -2.36. The fourth-order valence-corrected chi connectivity index (χ4v) is 5.21. The van der Waals surface area contributed by atoms with E-state index in [0.717, 1.165) is 58.0 Å². The summed E-state index contributed by atoms with van der Waals surface area (Å²) in [6.07, 6.45) is 3.30. The van der Waals surface area contributed by atoms with Gasteiger partial charge in [0.25, 0.3) is 0 Å². The van der Waals surface area contributed by atoms with Crippen molar-refractivity contribution >= 4 is 38.9 Å². The molecule has 0 atom stereocenters. The molecule has 2 aliphatic heterocycles. The molecular formula is C25H29N3OS. The van der Waals surface area contributed by atoms with E-state index in [4.69, 9.17) is 4.74 Å². The number of rotatable bonds is 6. The number of benzene rings is 2. The van der Waals surface area contributed by atoms with Crippen LogP contribution in [0.5, 0.6) is 5.75 Å². The Hall–Kier alpha value is -2.50. The van der Waals surface area contributed by atoms with Gasteiger partial charge in [-0.2, -0.15) is 0 Å². The molecule has 1 aromatic heterocycles. The average Bonchev–Trinajstić information content (AvgIpc) is 3.26. The lowest BCUT2D eigenvalue weighted by molar-refractivity contribution is 0.225. The van der Waals surface area contributed by atoms with Crippen LogP contribution in [-0.2, 0) is 0 Å². The van der Waals surface area contributed by atoms with Gasteiger partial charge in [0.15, 0.2) is 0 Å². The summed E-state index contributed by atoms with van der Waals surface area (Å²) >= 11 is 1.83. The highest BCUT2D eigenvalue weighted by molar-refractivity contribution is 7.17. The van der Waals surface area contributed by atoms with Crippen molar-refractivity contribution in [3.05, 3.63) is 59.0 Å². The van der Waals surface area contributed by atoms with Gasteiger partial charge in [0, 0.05) is 66.8 Å². The summed E-state index contributed by atoms with van der Waals surface area (Å²) < 4.78 is 7.41. The minimum Gasteiger partial charge on any atom is -0.493 e. The Kier molecular flexibility index (Phi) is 5.65. The SMILES string of the molecule is CC1=Cc2ccc(OCCCN3CCN(c4cccc5sccc45)CC3)cc2NC1. The van der Waals surface area contributed by atoms with E-state index in [1.165, 1.54) is 32.6 Å². The number of hydrogen-bond acceptors (Lipinski definition) is 5. The molecule has 0 bridgehead atoms. The maximum atomic E-state index is 6.02. The van der Waals surface area contributed by atoms with Crippen LogP contribution in [0.4, 0.5) is 11.4 Å². The molecule has 1 N–H and O–H groups in total. The Morgan fingerprint density at radius 2 is 1.97 bits per heavy atom. The van der Waals surface area contributed by atoms with Crippen LogP contribution in [0.2, 0.25) is 0 Å². The summed E-state index contributed by atoms with van der Waals surface area (Å²) in [4.78, 5) is 5.11. The molecule has 3 aromatic rings.